The van der Waals surface area contributed by atoms with Crippen LogP contribution in [-0.2, 0) is 11.3 Å². The Hall–Kier alpha value is -3.08. The SMILES string of the molecule is COc1ccc2cc(-c3ccccc3)c(=O)n(CC(=O)O)c2c1. The lowest BCUT2D eigenvalue weighted by Gasteiger charge is -2.12. The highest BCUT2D eigenvalue weighted by Gasteiger charge is 2.13. The fraction of sp³-hybridized carbons (Fsp3) is 0.111. The van der Waals surface area contributed by atoms with Gasteiger partial charge in [0, 0.05) is 11.6 Å². The van der Waals surface area contributed by atoms with Crippen molar-refractivity contribution in [1.82, 2.24) is 4.57 Å². The number of hydrogen-bond donors (Lipinski definition) is 1. The maximum Gasteiger partial charge on any atom is 0.323 e. The monoisotopic (exact) mass is 309 g/mol. The van der Waals surface area contributed by atoms with Crippen molar-refractivity contribution in [3.8, 4) is 16.9 Å². The van der Waals surface area contributed by atoms with Crippen LogP contribution >= 0.6 is 0 Å². The third-order valence-corrected chi connectivity index (χ3v) is 3.68. The maximum absolute atomic E-state index is 12.8. The normalized spacial score (nSPS) is 10.7. The smallest absolute Gasteiger partial charge is 0.323 e. The lowest BCUT2D eigenvalue weighted by atomic mass is 10.0. The van der Waals surface area contributed by atoms with Gasteiger partial charge in [-0.1, -0.05) is 30.3 Å². The van der Waals surface area contributed by atoms with Crippen molar-refractivity contribution < 1.29 is 14.6 Å². The largest absolute Gasteiger partial charge is 0.497 e. The van der Waals surface area contributed by atoms with Gasteiger partial charge in [-0.25, -0.2) is 0 Å². The molecule has 3 aromatic rings. The van der Waals surface area contributed by atoms with E-state index in [0.29, 0.717) is 16.8 Å². The van der Waals surface area contributed by atoms with E-state index in [2.05, 4.69) is 0 Å². The predicted molar refractivity (Wildman–Crippen MR) is 87.8 cm³/mol. The van der Waals surface area contributed by atoms with Gasteiger partial charge in [-0.05, 0) is 29.1 Å². The van der Waals surface area contributed by atoms with E-state index in [1.807, 2.05) is 36.4 Å². The standard InChI is InChI=1S/C18H15NO4/c1-23-14-8-7-13-9-15(12-5-3-2-4-6-12)18(22)19(11-17(20)21)16(13)10-14/h2-10H,11H2,1H3,(H,20,21). The number of carboxylic acids is 1. The molecular formula is C18H15NO4. The summed E-state index contributed by atoms with van der Waals surface area (Å²) in [7, 11) is 1.53. The first-order chi connectivity index (χ1) is 11.1. The van der Waals surface area contributed by atoms with Crippen molar-refractivity contribution in [2.45, 2.75) is 6.54 Å². The fourth-order valence-corrected chi connectivity index (χ4v) is 2.60. The number of fused-ring (bicyclic) bond motifs is 1. The summed E-state index contributed by atoms with van der Waals surface area (Å²) in [6, 6.07) is 16.3. The molecule has 0 amide bonds. The average Bonchev–Trinajstić information content (AvgIpc) is 2.57. The van der Waals surface area contributed by atoms with Crippen LogP contribution in [0, 0.1) is 0 Å². The molecule has 0 atom stereocenters. The van der Waals surface area contributed by atoms with E-state index < -0.39 is 12.5 Å². The minimum absolute atomic E-state index is 0.334. The minimum atomic E-state index is -1.07. The van der Waals surface area contributed by atoms with Crippen molar-refractivity contribution in [3.63, 3.8) is 0 Å². The Balaban J connectivity index is 2.34. The molecule has 116 valence electrons. The van der Waals surface area contributed by atoms with Gasteiger partial charge >= 0.3 is 5.97 Å². The molecule has 0 aliphatic rings. The second kappa shape index (κ2) is 5.96. The molecule has 0 bridgehead atoms. The first-order valence-corrected chi connectivity index (χ1v) is 7.09. The first kappa shape index (κ1) is 14.8. The van der Waals surface area contributed by atoms with E-state index in [4.69, 9.17) is 9.84 Å². The van der Waals surface area contributed by atoms with Crippen molar-refractivity contribution in [1.29, 1.82) is 0 Å². The lowest BCUT2D eigenvalue weighted by Crippen LogP contribution is -2.25. The van der Waals surface area contributed by atoms with E-state index in [9.17, 15) is 9.59 Å². The third-order valence-electron chi connectivity index (χ3n) is 3.68. The summed E-state index contributed by atoms with van der Waals surface area (Å²) in [5, 5.41) is 9.93. The lowest BCUT2D eigenvalue weighted by molar-refractivity contribution is -0.137. The highest BCUT2D eigenvalue weighted by Crippen LogP contribution is 2.24. The summed E-state index contributed by atoms with van der Waals surface area (Å²) < 4.78 is 6.44. The van der Waals surface area contributed by atoms with Crippen LogP contribution in [0.1, 0.15) is 0 Å². The quantitative estimate of drug-likeness (QED) is 0.804. The summed E-state index contributed by atoms with van der Waals surface area (Å²) in [5.41, 5.74) is 1.44. The van der Waals surface area contributed by atoms with Crippen molar-refractivity contribution in [3.05, 3.63) is 65.0 Å². The van der Waals surface area contributed by atoms with Gasteiger partial charge in [0.15, 0.2) is 0 Å². The molecule has 0 spiro atoms. The van der Waals surface area contributed by atoms with E-state index in [0.717, 1.165) is 10.9 Å². The molecule has 2 aromatic carbocycles. The number of methoxy groups -OCH3 is 1. The molecule has 0 aliphatic heterocycles. The van der Waals surface area contributed by atoms with Crippen molar-refractivity contribution in [2.24, 2.45) is 0 Å². The Kier molecular flexibility index (Phi) is 3.85. The molecular weight excluding hydrogens is 294 g/mol. The molecule has 1 N–H and O–H groups in total. The summed E-state index contributed by atoms with van der Waals surface area (Å²) >= 11 is 0. The zero-order valence-electron chi connectivity index (χ0n) is 12.5. The van der Waals surface area contributed by atoms with Gasteiger partial charge in [-0.2, -0.15) is 0 Å². The summed E-state index contributed by atoms with van der Waals surface area (Å²) in [4.78, 5) is 24.0. The number of ether oxygens (including phenoxy) is 1. The van der Waals surface area contributed by atoms with Crippen LogP contribution in [0.3, 0.4) is 0 Å². The summed E-state index contributed by atoms with van der Waals surface area (Å²) in [5.74, 6) is -0.495. The number of carboxylic acid groups (broad SMARTS) is 1. The molecule has 5 nitrogen and oxygen atoms in total. The van der Waals surface area contributed by atoms with Crippen LogP contribution in [0.4, 0.5) is 0 Å². The van der Waals surface area contributed by atoms with Gasteiger partial charge in [0.1, 0.15) is 12.3 Å². The van der Waals surface area contributed by atoms with Crippen LogP contribution < -0.4 is 10.3 Å². The van der Waals surface area contributed by atoms with Gasteiger partial charge in [0.2, 0.25) is 0 Å². The number of aromatic nitrogens is 1. The van der Waals surface area contributed by atoms with E-state index in [-0.39, 0.29) is 5.56 Å². The van der Waals surface area contributed by atoms with E-state index in [1.54, 1.807) is 18.2 Å². The van der Waals surface area contributed by atoms with Gasteiger partial charge in [-0.15, -0.1) is 0 Å². The molecule has 0 unspecified atom stereocenters. The van der Waals surface area contributed by atoms with Gasteiger partial charge in [0.25, 0.3) is 5.56 Å². The minimum Gasteiger partial charge on any atom is -0.497 e. The molecule has 0 saturated heterocycles. The van der Waals surface area contributed by atoms with Crippen LogP contribution in [0.15, 0.2) is 59.4 Å². The van der Waals surface area contributed by atoms with Crippen molar-refractivity contribution >= 4 is 16.9 Å². The number of pyridine rings is 1. The van der Waals surface area contributed by atoms with Crippen LogP contribution in [0.5, 0.6) is 5.75 Å². The molecule has 1 aromatic heterocycles. The highest BCUT2D eigenvalue weighted by molar-refractivity contribution is 5.86. The zero-order valence-corrected chi connectivity index (χ0v) is 12.5. The van der Waals surface area contributed by atoms with E-state index >= 15 is 0 Å². The molecule has 0 aliphatic carbocycles. The maximum atomic E-state index is 12.8. The average molecular weight is 309 g/mol. The van der Waals surface area contributed by atoms with Crippen LogP contribution in [0.2, 0.25) is 0 Å². The number of hydrogen-bond acceptors (Lipinski definition) is 3. The molecule has 0 fully saturated rings. The molecule has 0 saturated carbocycles. The Morgan fingerprint density at radius 3 is 2.52 bits per heavy atom. The Labute approximate surface area is 132 Å². The fourth-order valence-electron chi connectivity index (χ4n) is 2.60. The molecule has 0 radical (unpaired) electrons. The predicted octanol–water partition coefficient (Wildman–Crippen LogP) is 2.76. The van der Waals surface area contributed by atoms with E-state index in [1.165, 1.54) is 11.7 Å². The third kappa shape index (κ3) is 2.81. The second-order valence-corrected chi connectivity index (χ2v) is 5.13. The first-order valence-electron chi connectivity index (χ1n) is 7.09. The van der Waals surface area contributed by atoms with Gasteiger partial charge < -0.3 is 9.84 Å². The zero-order chi connectivity index (χ0) is 16.4. The number of carbonyl (C=O) groups is 1. The van der Waals surface area contributed by atoms with Gasteiger partial charge in [-0.3, -0.25) is 14.2 Å². The van der Waals surface area contributed by atoms with Crippen LogP contribution in [0.25, 0.3) is 22.0 Å². The molecule has 5 heteroatoms. The van der Waals surface area contributed by atoms with Gasteiger partial charge in [0.05, 0.1) is 12.6 Å². The number of rotatable bonds is 4. The topological polar surface area (TPSA) is 68.5 Å². The Morgan fingerprint density at radius 1 is 1.13 bits per heavy atom. The Morgan fingerprint density at radius 2 is 1.87 bits per heavy atom. The molecule has 3 rings (SSSR count). The Bertz CT molecular complexity index is 929. The van der Waals surface area contributed by atoms with Crippen LogP contribution in [-0.4, -0.2) is 22.8 Å². The second-order valence-electron chi connectivity index (χ2n) is 5.13. The number of benzene rings is 2. The highest BCUT2D eigenvalue weighted by atomic mass is 16.5. The summed E-state index contributed by atoms with van der Waals surface area (Å²) in [6.07, 6.45) is 0. The number of aliphatic carboxylic acids is 1. The number of nitrogens with zero attached hydrogens (tertiary/aromatic N) is 1. The van der Waals surface area contributed by atoms with Crippen molar-refractivity contribution in [2.75, 3.05) is 7.11 Å². The molecule has 23 heavy (non-hydrogen) atoms. The molecule has 1 heterocycles. The summed E-state index contributed by atoms with van der Waals surface area (Å²) in [6.45, 7) is -0.400.